The number of rotatable bonds is 3. The van der Waals surface area contributed by atoms with E-state index in [0.29, 0.717) is 18.1 Å². The quantitative estimate of drug-likeness (QED) is 0.909. The number of para-hydroxylation sites is 1. The van der Waals surface area contributed by atoms with Crippen molar-refractivity contribution in [1.82, 2.24) is 14.8 Å². The first-order valence-corrected chi connectivity index (χ1v) is 8.14. The van der Waals surface area contributed by atoms with E-state index in [1.54, 1.807) is 12.1 Å². The van der Waals surface area contributed by atoms with Crippen LogP contribution in [-0.2, 0) is 20.4 Å². The van der Waals surface area contributed by atoms with Crippen molar-refractivity contribution in [3.8, 4) is 5.69 Å². The zero-order chi connectivity index (χ0) is 15.1. The van der Waals surface area contributed by atoms with Gasteiger partial charge in [0.05, 0.1) is 0 Å². The molecule has 1 aromatic carbocycles. The van der Waals surface area contributed by atoms with Gasteiger partial charge < -0.3 is 4.74 Å². The number of aromatic nitrogens is 3. The van der Waals surface area contributed by atoms with E-state index in [9.17, 15) is 8.42 Å². The lowest BCUT2D eigenvalue weighted by atomic mass is 10.0. The largest absolute Gasteiger partial charge is 0.367 e. The third-order valence-electron chi connectivity index (χ3n) is 3.59. The molecule has 1 saturated heterocycles. The molecular weight excluding hydrogens is 292 g/mol. The van der Waals surface area contributed by atoms with Crippen LogP contribution in [0.1, 0.15) is 25.6 Å². The molecule has 0 amide bonds. The van der Waals surface area contributed by atoms with E-state index in [-0.39, 0.29) is 5.16 Å². The maximum atomic E-state index is 11.8. The molecule has 8 heteroatoms. The van der Waals surface area contributed by atoms with Crippen LogP contribution in [-0.4, -0.2) is 29.8 Å². The molecule has 0 aliphatic carbocycles. The Morgan fingerprint density at radius 2 is 2.00 bits per heavy atom. The third-order valence-corrected chi connectivity index (χ3v) is 4.37. The average molecular weight is 308 g/mol. The summed E-state index contributed by atoms with van der Waals surface area (Å²) in [5, 5.41) is 12.8. The first-order chi connectivity index (χ1) is 9.92. The van der Waals surface area contributed by atoms with Crippen LogP contribution in [0.4, 0.5) is 0 Å². The molecule has 21 heavy (non-hydrogen) atoms. The van der Waals surface area contributed by atoms with Gasteiger partial charge in [0, 0.05) is 12.3 Å². The topological polar surface area (TPSA) is 100 Å². The molecule has 0 saturated carbocycles. The smallest absolute Gasteiger partial charge is 0.274 e. The number of nitrogens with two attached hydrogens (primary N) is 1. The van der Waals surface area contributed by atoms with Crippen LogP contribution in [0.25, 0.3) is 5.69 Å². The van der Waals surface area contributed by atoms with E-state index in [1.807, 2.05) is 25.1 Å². The minimum atomic E-state index is -3.98. The van der Waals surface area contributed by atoms with Gasteiger partial charge in [-0.25, -0.2) is 13.6 Å². The van der Waals surface area contributed by atoms with E-state index >= 15 is 0 Å². The second-order valence-corrected chi connectivity index (χ2v) is 6.66. The molecular formula is C13H16N4O3S. The molecule has 1 aliphatic heterocycles. The molecule has 112 valence electrons. The second-order valence-electron chi connectivity index (χ2n) is 5.21. The lowest BCUT2D eigenvalue weighted by molar-refractivity contribution is 0.00763. The number of hydrogen-bond donors (Lipinski definition) is 1. The molecule has 1 aliphatic rings. The maximum Gasteiger partial charge on any atom is 0.274 e. The zero-order valence-electron chi connectivity index (χ0n) is 11.6. The summed E-state index contributed by atoms with van der Waals surface area (Å²) in [4.78, 5) is 0. The van der Waals surface area contributed by atoms with Crippen molar-refractivity contribution in [2.45, 2.75) is 30.5 Å². The molecule has 0 radical (unpaired) electrons. The van der Waals surface area contributed by atoms with Gasteiger partial charge in [-0.1, -0.05) is 18.2 Å². The highest BCUT2D eigenvalue weighted by Crippen LogP contribution is 2.36. The molecule has 1 unspecified atom stereocenters. The summed E-state index contributed by atoms with van der Waals surface area (Å²) in [5.74, 6) is 0.454. The Bertz CT molecular complexity index is 749. The molecule has 3 rings (SSSR count). The highest BCUT2D eigenvalue weighted by atomic mass is 32.2. The molecule has 0 spiro atoms. The molecule has 2 N–H and O–H groups in total. The summed E-state index contributed by atoms with van der Waals surface area (Å²) in [6.45, 7) is 2.50. The van der Waals surface area contributed by atoms with Crippen LogP contribution in [0.15, 0.2) is 35.5 Å². The first-order valence-electron chi connectivity index (χ1n) is 6.60. The van der Waals surface area contributed by atoms with Gasteiger partial charge in [-0.2, -0.15) is 0 Å². The van der Waals surface area contributed by atoms with Crippen molar-refractivity contribution in [3.63, 3.8) is 0 Å². The molecule has 7 nitrogen and oxygen atoms in total. The minimum absolute atomic E-state index is 0.277. The van der Waals surface area contributed by atoms with Crippen LogP contribution < -0.4 is 5.14 Å². The highest BCUT2D eigenvalue weighted by molar-refractivity contribution is 7.89. The van der Waals surface area contributed by atoms with E-state index < -0.39 is 15.6 Å². The lowest BCUT2D eigenvalue weighted by Crippen LogP contribution is -2.27. The van der Waals surface area contributed by atoms with Crippen molar-refractivity contribution in [3.05, 3.63) is 36.2 Å². The Kier molecular flexibility index (Phi) is 3.31. The van der Waals surface area contributed by atoms with Crippen molar-refractivity contribution in [2.24, 2.45) is 5.14 Å². The van der Waals surface area contributed by atoms with E-state index in [0.717, 1.165) is 12.8 Å². The van der Waals surface area contributed by atoms with Crippen LogP contribution in [0.2, 0.25) is 0 Å². The zero-order valence-corrected chi connectivity index (χ0v) is 12.4. The van der Waals surface area contributed by atoms with Crippen LogP contribution in [0.5, 0.6) is 0 Å². The number of ether oxygens (including phenoxy) is 1. The van der Waals surface area contributed by atoms with E-state index in [1.165, 1.54) is 4.57 Å². The van der Waals surface area contributed by atoms with Crippen LogP contribution in [0.3, 0.4) is 0 Å². The number of benzene rings is 1. The van der Waals surface area contributed by atoms with Crippen LogP contribution in [0, 0.1) is 0 Å². The van der Waals surface area contributed by atoms with Crippen molar-refractivity contribution in [2.75, 3.05) is 6.61 Å². The number of sulfonamides is 1. The van der Waals surface area contributed by atoms with Gasteiger partial charge in [0.15, 0.2) is 5.82 Å². The standard InChI is InChI=1S/C13H16N4O3S/c1-13(8-5-9-20-13)11-15-16-12(21(14,18)19)17(11)10-6-3-2-4-7-10/h2-4,6-7H,5,8-9H2,1H3,(H2,14,18,19). The molecule has 1 atom stereocenters. The summed E-state index contributed by atoms with van der Waals surface area (Å²) in [6.07, 6.45) is 1.64. The van der Waals surface area contributed by atoms with Gasteiger partial charge in [0.1, 0.15) is 5.60 Å². The molecule has 2 heterocycles. The fourth-order valence-electron chi connectivity index (χ4n) is 2.56. The minimum Gasteiger partial charge on any atom is -0.367 e. The van der Waals surface area contributed by atoms with Crippen LogP contribution >= 0.6 is 0 Å². The maximum absolute atomic E-state index is 11.8. The molecule has 0 bridgehead atoms. The number of hydrogen-bond acceptors (Lipinski definition) is 5. The number of primary sulfonamides is 1. The van der Waals surface area contributed by atoms with Gasteiger partial charge in [-0.15, -0.1) is 10.2 Å². The fraction of sp³-hybridized carbons (Fsp3) is 0.385. The summed E-state index contributed by atoms with van der Waals surface area (Å²) in [7, 11) is -3.98. The predicted octanol–water partition coefficient (Wildman–Crippen LogP) is 0.940. The van der Waals surface area contributed by atoms with E-state index in [4.69, 9.17) is 9.88 Å². The van der Waals surface area contributed by atoms with Crippen molar-refractivity contribution in [1.29, 1.82) is 0 Å². The van der Waals surface area contributed by atoms with Gasteiger partial charge in [-0.3, -0.25) is 4.57 Å². The lowest BCUT2D eigenvalue weighted by Gasteiger charge is -2.23. The van der Waals surface area contributed by atoms with Crippen molar-refractivity contribution < 1.29 is 13.2 Å². The first kappa shape index (κ1) is 14.2. The van der Waals surface area contributed by atoms with Gasteiger partial charge in [0.25, 0.3) is 15.2 Å². The monoisotopic (exact) mass is 308 g/mol. The molecule has 2 aromatic rings. The summed E-state index contributed by atoms with van der Waals surface area (Å²) < 4.78 is 30.8. The molecule has 1 fully saturated rings. The Morgan fingerprint density at radius 1 is 1.29 bits per heavy atom. The fourth-order valence-corrected chi connectivity index (χ4v) is 3.16. The normalized spacial score (nSPS) is 22.6. The SMILES string of the molecule is CC1(c2nnc(S(N)(=O)=O)n2-c2ccccc2)CCCO1. The van der Waals surface area contributed by atoms with Gasteiger partial charge >= 0.3 is 0 Å². The Hall–Kier alpha value is -1.77. The average Bonchev–Trinajstić information content (AvgIpc) is 3.06. The Labute approximate surface area is 122 Å². The number of nitrogens with zero attached hydrogens (tertiary/aromatic N) is 3. The summed E-state index contributed by atoms with van der Waals surface area (Å²) in [5.41, 5.74) is -0.0237. The van der Waals surface area contributed by atoms with E-state index in [2.05, 4.69) is 10.2 Å². The van der Waals surface area contributed by atoms with Gasteiger partial charge in [-0.05, 0) is 31.9 Å². The Morgan fingerprint density at radius 3 is 2.57 bits per heavy atom. The van der Waals surface area contributed by atoms with Crippen molar-refractivity contribution >= 4 is 10.0 Å². The summed E-state index contributed by atoms with van der Waals surface area (Å²) in [6, 6.07) is 9.02. The second kappa shape index (κ2) is 4.90. The third kappa shape index (κ3) is 2.45. The molecule has 1 aromatic heterocycles. The summed E-state index contributed by atoms with van der Waals surface area (Å²) >= 11 is 0. The highest BCUT2D eigenvalue weighted by Gasteiger charge is 2.39. The predicted molar refractivity (Wildman–Crippen MR) is 75.3 cm³/mol. The Balaban J connectivity index is 2.25. The van der Waals surface area contributed by atoms with Gasteiger partial charge in [0.2, 0.25) is 0 Å².